The molecule has 1 aromatic rings. The first kappa shape index (κ1) is 15.4. The van der Waals surface area contributed by atoms with Crippen molar-refractivity contribution in [2.45, 2.75) is 26.8 Å². The molecular formula is C16H22N2O3. The zero-order chi connectivity index (χ0) is 15.2. The van der Waals surface area contributed by atoms with Gasteiger partial charge < -0.3 is 15.0 Å². The van der Waals surface area contributed by atoms with Gasteiger partial charge >= 0.3 is 0 Å². The van der Waals surface area contributed by atoms with E-state index in [9.17, 15) is 9.59 Å². The van der Waals surface area contributed by atoms with Crippen molar-refractivity contribution in [3.63, 3.8) is 0 Å². The van der Waals surface area contributed by atoms with E-state index in [0.717, 1.165) is 11.3 Å². The lowest BCUT2D eigenvalue weighted by molar-refractivity contribution is -0.128. The summed E-state index contributed by atoms with van der Waals surface area (Å²) in [5.41, 5.74) is 0.992. The highest BCUT2D eigenvalue weighted by molar-refractivity contribution is 5.89. The van der Waals surface area contributed by atoms with Crippen molar-refractivity contribution >= 4 is 11.8 Å². The first-order valence-electron chi connectivity index (χ1n) is 7.41. The molecule has 0 aromatic heterocycles. The topological polar surface area (TPSA) is 58.6 Å². The van der Waals surface area contributed by atoms with E-state index in [1.54, 1.807) is 4.90 Å². The van der Waals surface area contributed by atoms with Crippen LogP contribution in [-0.4, -0.2) is 36.4 Å². The van der Waals surface area contributed by atoms with Gasteiger partial charge in [0.05, 0.1) is 12.5 Å². The van der Waals surface area contributed by atoms with Crippen LogP contribution in [0.4, 0.5) is 0 Å². The number of likely N-dealkylation sites (tertiary alicyclic amines) is 1. The van der Waals surface area contributed by atoms with Crippen LogP contribution >= 0.6 is 0 Å². The van der Waals surface area contributed by atoms with Gasteiger partial charge in [-0.1, -0.05) is 12.1 Å². The fourth-order valence-electron chi connectivity index (χ4n) is 2.50. The number of hydrogen-bond donors (Lipinski definition) is 1. The Labute approximate surface area is 125 Å². The molecule has 0 radical (unpaired) electrons. The number of amides is 2. The summed E-state index contributed by atoms with van der Waals surface area (Å²) in [7, 11) is 0. The van der Waals surface area contributed by atoms with Crippen LogP contribution in [0.25, 0.3) is 0 Å². The number of benzene rings is 1. The predicted octanol–water partition coefficient (Wildman–Crippen LogP) is 1.57. The van der Waals surface area contributed by atoms with Crippen LogP contribution in [0.3, 0.4) is 0 Å². The third-order valence-electron chi connectivity index (χ3n) is 3.64. The van der Waals surface area contributed by atoms with E-state index in [0.29, 0.717) is 32.7 Å². The molecule has 1 aliphatic heterocycles. The molecule has 1 heterocycles. The summed E-state index contributed by atoms with van der Waals surface area (Å²) >= 11 is 0. The third-order valence-corrected chi connectivity index (χ3v) is 3.64. The monoisotopic (exact) mass is 290 g/mol. The second kappa shape index (κ2) is 7.11. The molecule has 0 bridgehead atoms. The zero-order valence-electron chi connectivity index (χ0n) is 12.6. The molecule has 1 N–H and O–H groups in total. The number of nitrogens with one attached hydrogen (secondary N) is 1. The van der Waals surface area contributed by atoms with Gasteiger partial charge in [-0.3, -0.25) is 9.59 Å². The van der Waals surface area contributed by atoms with Gasteiger partial charge in [-0.05, 0) is 31.5 Å². The second-order valence-electron chi connectivity index (χ2n) is 5.13. The van der Waals surface area contributed by atoms with Crippen molar-refractivity contribution in [1.29, 1.82) is 0 Å². The van der Waals surface area contributed by atoms with Gasteiger partial charge in [-0.15, -0.1) is 0 Å². The third kappa shape index (κ3) is 3.97. The SMILES string of the molecule is CCOc1cccc(CNC(=O)[C@@H]2CC(=O)N(CC)C2)c1. The van der Waals surface area contributed by atoms with Gasteiger partial charge in [0.2, 0.25) is 11.8 Å². The number of hydrogen-bond acceptors (Lipinski definition) is 3. The first-order chi connectivity index (χ1) is 10.1. The maximum absolute atomic E-state index is 12.1. The Balaban J connectivity index is 1.87. The summed E-state index contributed by atoms with van der Waals surface area (Å²) in [6.07, 6.45) is 0.318. The molecule has 0 spiro atoms. The summed E-state index contributed by atoms with van der Waals surface area (Å²) in [6.45, 7) is 6.13. The molecular weight excluding hydrogens is 268 g/mol. The molecule has 5 nitrogen and oxygen atoms in total. The molecule has 114 valence electrons. The standard InChI is InChI=1S/C16H22N2O3/c1-3-18-11-13(9-15(18)19)16(20)17-10-12-6-5-7-14(8-12)21-4-2/h5-8,13H,3-4,9-11H2,1-2H3,(H,17,20)/t13-/m1/s1. The van der Waals surface area contributed by atoms with Crippen LogP contribution < -0.4 is 10.1 Å². The van der Waals surface area contributed by atoms with Gasteiger partial charge in [0, 0.05) is 26.1 Å². The predicted molar refractivity (Wildman–Crippen MR) is 79.8 cm³/mol. The summed E-state index contributed by atoms with van der Waals surface area (Å²) in [6, 6.07) is 7.66. The van der Waals surface area contributed by atoms with Crippen LogP contribution in [0.15, 0.2) is 24.3 Å². The average molecular weight is 290 g/mol. The fourth-order valence-corrected chi connectivity index (χ4v) is 2.50. The molecule has 21 heavy (non-hydrogen) atoms. The summed E-state index contributed by atoms with van der Waals surface area (Å²) in [5, 5.41) is 2.90. The number of nitrogens with zero attached hydrogens (tertiary/aromatic N) is 1. The highest BCUT2D eigenvalue weighted by Crippen LogP contribution is 2.18. The summed E-state index contributed by atoms with van der Waals surface area (Å²) < 4.78 is 5.43. The maximum atomic E-state index is 12.1. The smallest absolute Gasteiger partial charge is 0.225 e. The van der Waals surface area contributed by atoms with Crippen molar-refractivity contribution in [3.05, 3.63) is 29.8 Å². The second-order valence-corrected chi connectivity index (χ2v) is 5.13. The number of carbonyl (C=O) groups is 2. The Morgan fingerprint density at radius 2 is 2.24 bits per heavy atom. The van der Waals surface area contributed by atoms with Crippen molar-refractivity contribution in [2.24, 2.45) is 5.92 Å². The van der Waals surface area contributed by atoms with Gasteiger partial charge in [0.15, 0.2) is 0 Å². The van der Waals surface area contributed by atoms with Crippen LogP contribution in [-0.2, 0) is 16.1 Å². The molecule has 0 saturated carbocycles. The van der Waals surface area contributed by atoms with Crippen molar-refractivity contribution in [2.75, 3.05) is 19.7 Å². The first-order valence-corrected chi connectivity index (χ1v) is 7.41. The molecule has 5 heteroatoms. The Hall–Kier alpha value is -2.04. The molecule has 1 saturated heterocycles. The van der Waals surface area contributed by atoms with Crippen LogP contribution in [0.2, 0.25) is 0 Å². The molecule has 1 aromatic carbocycles. The largest absolute Gasteiger partial charge is 0.494 e. The van der Waals surface area contributed by atoms with E-state index in [-0.39, 0.29) is 17.7 Å². The fraction of sp³-hybridized carbons (Fsp3) is 0.500. The number of rotatable bonds is 6. The van der Waals surface area contributed by atoms with E-state index in [1.807, 2.05) is 38.1 Å². The maximum Gasteiger partial charge on any atom is 0.225 e. The molecule has 1 atom stereocenters. The molecule has 2 rings (SSSR count). The zero-order valence-corrected chi connectivity index (χ0v) is 12.6. The van der Waals surface area contributed by atoms with Crippen LogP contribution in [0.1, 0.15) is 25.8 Å². The summed E-state index contributed by atoms with van der Waals surface area (Å²) in [4.78, 5) is 25.5. The Bertz CT molecular complexity index is 516. The molecule has 1 fully saturated rings. The lowest BCUT2D eigenvalue weighted by atomic mass is 10.1. The average Bonchev–Trinajstić information content (AvgIpc) is 2.87. The van der Waals surface area contributed by atoms with Crippen molar-refractivity contribution < 1.29 is 14.3 Å². The van der Waals surface area contributed by atoms with Crippen LogP contribution in [0, 0.1) is 5.92 Å². The summed E-state index contributed by atoms with van der Waals surface area (Å²) in [5.74, 6) is 0.585. The Morgan fingerprint density at radius 1 is 1.43 bits per heavy atom. The number of carbonyl (C=O) groups excluding carboxylic acids is 2. The van der Waals surface area contributed by atoms with E-state index in [1.165, 1.54) is 0 Å². The van der Waals surface area contributed by atoms with E-state index in [4.69, 9.17) is 4.74 Å². The van der Waals surface area contributed by atoms with E-state index >= 15 is 0 Å². The molecule has 2 amide bonds. The number of ether oxygens (including phenoxy) is 1. The minimum Gasteiger partial charge on any atom is -0.494 e. The Kier molecular flexibility index (Phi) is 5.20. The lowest BCUT2D eigenvalue weighted by Crippen LogP contribution is -2.32. The van der Waals surface area contributed by atoms with Crippen molar-refractivity contribution in [1.82, 2.24) is 10.2 Å². The highest BCUT2D eigenvalue weighted by Gasteiger charge is 2.33. The van der Waals surface area contributed by atoms with Gasteiger partial charge in [-0.25, -0.2) is 0 Å². The Morgan fingerprint density at radius 3 is 2.90 bits per heavy atom. The quantitative estimate of drug-likeness (QED) is 0.865. The van der Waals surface area contributed by atoms with Gasteiger partial charge in [0.25, 0.3) is 0 Å². The van der Waals surface area contributed by atoms with Crippen molar-refractivity contribution in [3.8, 4) is 5.75 Å². The van der Waals surface area contributed by atoms with Gasteiger partial charge in [0.1, 0.15) is 5.75 Å². The molecule has 1 aliphatic rings. The van der Waals surface area contributed by atoms with E-state index in [2.05, 4.69) is 5.32 Å². The van der Waals surface area contributed by atoms with E-state index < -0.39 is 0 Å². The van der Waals surface area contributed by atoms with Crippen LogP contribution in [0.5, 0.6) is 5.75 Å². The van der Waals surface area contributed by atoms with Gasteiger partial charge in [-0.2, -0.15) is 0 Å². The lowest BCUT2D eigenvalue weighted by Gasteiger charge is -2.14. The minimum absolute atomic E-state index is 0.0545. The highest BCUT2D eigenvalue weighted by atomic mass is 16.5. The molecule has 0 unspecified atom stereocenters. The molecule has 0 aliphatic carbocycles. The normalized spacial score (nSPS) is 17.9. The minimum atomic E-state index is -0.229.